The van der Waals surface area contributed by atoms with Crippen LogP contribution >= 0.6 is 34.2 Å². The molecule has 0 saturated heterocycles. The first-order valence-electron chi connectivity index (χ1n) is 5.82. The summed E-state index contributed by atoms with van der Waals surface area (Å²) in [6.07, 6.45) is 1.50. The molecule has 0 radical (unpaired) electrons. The fourth-order valence-corrected chi connectivity index (χ4v) is 2.51. The van der Waals surface area contributed by atoms with Gasteiger partial charge in [0.25, 0.3) is 0 Å². The number of ether oxygens (including phenoxy) is 1. The molecule has 0 aliphatic rings. The molecule has 0 unspecified atom stereocenters. The van der Waals surface area contributed by atoms with Gasteiger partial charge in [-0.1, -0.05) is 11.6 Å². The molecule has 0 amide bonds. The lowest BCUT2D eigenvalue weighted by molar-refractivity contribution is 0.0600. The Bertz CT molecular complexity index is 617. The van der Waals surface area contributed by atoms with E-state index in [0.717, 1.165) is 15.0 Å². The van der Waals surface area contributed by atoms with Crippen molar-refractivity contribution in [3.63, 3.8) is 0 Å². The number of hydrogen-bond donors (Lipinski definition) is 1. The molecule has 1 aromatic heterocycles. The van der Waals surface area contributed by atoms with Crippen molar-refractivity contribution >= 4 is 45.8 Å². The number of carbonyl (C=O) groups excluding carboxylic acids is 1. The van der Waals surface area contributed by atoms with E-state index in [1.54, 1.807) is 12.1 Å². The molecule has 1 aromatic carbocycles. The summed E-state index contributed by atoms with van der Waals surface area (Å²) >= 11 is 8.34. The second-order valence-electron chi connectivity index (χ2n) is 4.01. The van der Waals surface area contributed by atoms with Gasteiger partial charge in [-0.25, -0.2) is 4.79 Å². The minimum Gasteiger partial charge on any atom is -0.465 e. The topological polar surface area (TPSA) is 51.2 Å². The first-order valence-corrected chi connectivity index (χ1v) is 7.28. The predicted octanol–water partition coefficient (Wildman–Crippen LogP) is 3.74. The van der Waals surface area contributed by atoms with E-state index in [0.29, 0.717) is 17.1 Å². The number of methoxy groups -OCH3 is 1. The normalized spacial score (nSPS) is 10.2. The zero-order valence-corrected chi connectivity index (χ0v) is 13.6. The summed E-state index contributed by atoms with van der Waals surface area (Å²) in [7, 11) is 1.34. The second kappa shape index (κ2) is 6.90. The van der Waals surface area contributed by atoms with Gasteiger partial charge in [0.2, 0.25) is 0 Å². The van der Waals surface area contributed by atoms with Gasteiger partial charge in [0.15, 0.2) is 0 Å². The lowest BCUT2D eigenvalue weighted by atomic mass is 10.2. The zero-order valence-electron chi connectivity index (χ0n) is 10.7. The van der Waals surface area contributed by atoms with Crippen molar-refractivity contribution < 1.29 is 9.53 Å². The summed E-state index contributed by atoms with van der Waals surface area (Å²) in [6.45, 7) is 0.530. The van der Waals surface area contributed by atoms with Crippen molar-refractivity contribution in [3.05, 3.63) is 56.4 Å². The molecule has 6 heteroatoms. The van der Waals surface area contributed by atoms with E-state index in [4.69, 9.17) is 11.6 Å². The van der Waals surface area contributed by atoms with Gasteiger partial charge in [-0.05, 0) is 52.9 Å². The van der Waals surface area contributed by atoms with Crippen LogP contribution in [0.5, 0.6) is 0 Å². The summed E-state index contributed by atoms with van der Waals surface area (Å²) in [5.74, 6) is -0.391. The van der Waals surface area contributed by atoms with Crippen LogP contribution < -0.4 is 5.32 Å². The summed E-state index contributed by atoms with van der Waals surface area (Å²) in [6, 6.07) is 9.25. The van der Waals surface area contributed by atoms with Gasteiger partial charge in [-0.15, -0.1) is 0 Å². The summed E-state index contributed by atoms with van der Waals surface area (Å²) in [4.78, 5) is 15.5. The van der Waals surface area contributed by atoms with E-state index < -0.39 is 5.97 Å². The Kier molecular flexibility index (Phi) is 5.19. The van der Waals surface area contributed by atoms with Crippen LogP contribution in [-0.4, -0.2) is 18.1 Å². The third-order valence-electron chi connectivity index (χ3n) is 2.64. The molecule has 0 fully saturated rings. The SMILES string of the molecule is COC(=O)c1ccc(CNc2ccc(I)cc2Cl)nc1. The second-order valence-corrected chi connectivity index (χ2v) is 5.66. The Morgan fingerprint density at radius 1 is 1.40 bits per heavy atom. The van der Waals surface area contributed by atoms with Crippen LogP contribution in [0.25, 0.3) is 0 Å². The van der Waals surface area contributed by atoms with Crippen molar-refractivity contribution in [2.24, 2.45) is 0 Å². The number of aromatic nitrogens is 1. The fraction of sp³-hybridized carbons (Fsp3) is 0.143. The van der Waals surface area contributed by atoms with E-state index in [2.05, 4.69) is 37.6 Å². The highest BCUT2D eigenvalue weighted by atomic mass is 127. The molecule has 0 bridgehead atoms. The van der Waals surface area contributed by atoms with Gasteiger partial charge < -0.3 is 10.1 Å². The van der Waals surface area contributed by atoms with Crippen molar-refractivity contribution in [1.29, 1.82) is 0 Å². The Morgan fingerprint density at radius 2 is 2.20 bits per heavy atom. The largest absolute Gasteiger partial charge is 0.465 e. The molecule has 0 saturated carbocycles. The predicted molar refractivity (Wildman–Crippen MR) is 87.1 cm³/mol. The number of rotatable bonds is 4. The number of esters is 1. The highest BCUT2D eigenvalue weighted by Crippen LogP contribution is 2.24. The fourth-order valence-electron chi connectivity index (χ4n) is 1.59. The molecule has 1 N–H and O–H groups in total. The quantitative estimate of drug-likeness (QED) is 0.625. The van der Waals surface area contributed by atoms with Crippen molar-refractivity contribution in [2.75, 3.05) is 12.4 Å². The number of benzene rings is 1. The number of carbonyl (C=O) groups is 1. The Balaban J connectivity index is 2.02. The number of nitrogens with one attached hydrogen (secondary N) is 1. The van der Waals surface area contributed by atoms with E-state index in [9.17, 15) is 4.79 Å². The van der Waals surface area contributed by atoms with Crippen LogP contribution in [0.2, 0.25) is 5.02 Å². The van der Waals surface area contributed by atoms with Gasteiger partial charge in [-0.3, -0.25) is 4.98 Å². The van der Waals surface area contributed by atoms with Gasteiger partial charge in [0.1, 0.15) is 0 Å². The summed E-state index contributed by atoms with van der Waals surface area (Å²) < 4.78 is 5.70. The Hall–Kier alpha value is -1.34. The number of halogens is 2. The van der Waals surface area contributed by atoms with E-state index in [1.807, 2.05) is 18.2 Å². The monoisotopic (exact) mass is 402 g/mol. The maximum atomic E-state index is 11.3. The van der Waals surface area contributed by atoms with Crippen LogP contribution in [0.1, 0.15) is 16.1 Å². The Morgan fingerprint density at radius 3 is 2.80 bits per heavy atom. The molecule has 2 aromatic rings. The highest BCUT2D eigenvalue weighted by Gasteiger charge is 2.06. The van der Waals surface area contributed by atoms with E-state index in [1.165, 1.54) is 13.3 Å². The maximum absolute atomic E-state index is 11.3. The van der Waals surface area contributed by atoms with Gasteiger partial charge in [-0.2, -0.15) is 0 Å². The lowest BCUT2D eigenvalue weighted by Gasteiger charge is -2.08. The average molecular weight is 403 g/mol. The molecular formula is C14H12ClIN2O2. The molecule has 104 valence electrons. The van der Waals surface area contributed by atoms with Gasteiger partial charge in [0.05, 0.1) is 35.6 Å². The van der Waals surface area contributed by atoms with Crippen LogP contribution in [-0.2, 0) is 11.3 Å². The average Bonchev–Trinajstić information content (AvgIpc) is 2.46. The number of anilines is 1. The molecule has 20 heavy (non-hydrogen) atoms. The zero-order chi connectivity index (χ0) is 14.5. The minimum atomic E-state index is -0.391. The van der Waals surface area contributed by atoms with E-state index in [-0.39, 0.29) is 0 Å². The molecule has 1 heterocycles. The first-order chi connectivity index (χ1) is 9.60. The molecule has 0 spiro atoms. The summed E-state index contributed by atoms with van der Waals surface area (Å²) in [5, 5.41) is 3.87. The van der Waals surface area contributed by atoms with Gasteiger partial charge >= 0.3 is 5.97 Å². The Labute approximate surface area is 135 Å². The number of pyridine rings is 1. The van der Waals surface area contributed by atoms with Crippen molar-refractivity contribution in [3.8, 4) is 0 Å². The smallest absolute Gasteiger partial charge is 0.339 e. The van der Waals surface area contributed by atoms with Crippen molar-refractivity contribution in [1.82, 2.24) is 4.98 Å². The van der Waals surface area contributed by atoms with Gasteiger partial charge in [0, 0.05) is 9.77 Å². The standard InChI is InChI=1S/C14H12ClIN2O2/c1-20-14(19)9-2-4-11(17-7-9)8-18-13-5-3-10(16)6-12(13)15/h2-7,18H,8H2,1H3. The number of nitrogens with zero attached hydrogens (tertiary/aromatic N) is 1. The highest BCUT2D eigenvalue weighted by molar-refractivity contribution is 14.1. The summed E-state index contributed by atoms with van der Waals surface area (Å²) in [5.41, 5.74) is 2.10. The van der Waals surface area contributed by atoms with Crippen LogP contribution in [0.3, 0.4) is 0 Å². The molecule has 0 atom stereocenters. The molecule has 0 aliphatic carbocycles. The lowest BCUT2D eigenvalue weighted by Crippen LogP contribution is -2.05. The molecule has 0 aliphatic heterocycles. The van der Waals surface area contributed by atoms with Crippen LogP contribution in [0, 0.1) is 3.57 Å². The van der Waals surface area contributed by atoms with E-state index >= 15 is 0 Å². The van der Waals surface area contributed by atoms with Crippen LogP contribution in [0.15, 0.2) is 36.5 Å². The molecule has 2 rings (SSSR count). The minimum absolute atomic E-state index is 0.391. The molecular weight excluding hydrogens is 391 g/mol. The molecule has 4 nitrogen and oxygen atoms in total. The maximum Gasteiger partial charge on any atom is 0.339 e. The number of hydrogen-bond acceptors (Lipinski definition) is 4. The van der Waals surface area contributed by atoms with Crippen LogP contribution in [0.4, 0.5) is 5.69 Å². The third-order valence-corrected chi connectivity index (χ3v) is 3.62. The third kappa shape index (κ3) is 3.83. The first kappa shape index (κ1) is 15.1. The van der Waals surface area contributed by atoms with Crippen molar-refractivity contribution in [2.45, 2.75) is 6.54 Å².